The number of benzene rings is 2. The Balaban J connectivity index is 2.13. The first-order chi connectivity index (χ1) is 11.7. The van der Waals surface area contributed by atoms with E-state index < -0.39 is 12.0 Å². The highest BCUT2D eigenvalue weighted by atomic mass is 127. The van der Waals surface area contributed by atoms with Crippen molar-refractivity contribution < 1.29 is 14.7 Å². The first kappa shape index (κ1) is 19.4. The molecule has 0 aliphatic heterocycles. The maximum absolute atomic E-state index is 12.4. The molecular formula is C20H22INO3. The van der Waals surface area contributed by atoms with E-state index in [4.69, 9.17) is 0 Å². The van der Waals surface area contributed by atoms with Crippen LogP contribution < -0.4 is 5.32 Å². The van der Waals surface area contributed by atoms with Gasteiger partial charge in [0, 0.05) is 15.6 Å². The number of halogens is 1. The standard InChI is InChI=1S/C20H22INO3/c1-20(2,3)15-10-8-13(9-11-15)18(23)22-17(19(24)25)12-14-6-4-5-7-16(14)21/h4-11,17H,12H2,1-3H3,(H,22,23)(H,24,25)/t17-/m1/s1. The van der Waals surface area contributed by atoms with Gasteiger partial charge in [0.05, 0.1) is 0 Å². The van der Waals surface area contributed by atoms with Crippen molar-refractivity contribution >= 4 is 34.5 Å². The number of carboxylic acid groups (broad SMARTS) is 1. The van der Waals surface area contributed by atoms with Gasteiger partial charge in [-0.05, 0) is 57.3 Å². The fraction of sp³-hybridized carbons (Fsp3) is 0.300. The van der Waals surface area contributed by atoms with Crippen LogP contribution in [-0.2, 0) is 16.6 Å². The van der Waals surface area contributed by atoms with E-state index in [1.165, 1.54) is 0 Å². The Morgan fingerprint density at radius 3 is 2.20 bits per heavy atom. The SMILES string of the molecule is CC(C)(C)c1ccc(C(=O)N[C@H](Cc2ccccc2I)C(=O)O)cc1. The Labute approximate surface area is 161 Å². The van der Waals surface area contributed by atoms with Gasteiger partial charge in [0.1, 0.15) is 6.04 Å². The maximum Gasteiger partial charge on any atom is 0.326 e. The first-order valence-corrected chi connectivity index (χ1v) is 9.14. The smallest absolute Gasteiger partial charge is 0.326 e. The highest BCUT2D eigenvalue weighted by Gasteiger charge is 2.22. The van der Waals surface area contributed by atoms with Gasteiger partial charge in [0.2, 0.25) is 0 Å². The number of nitrogens with one attached hydrogen (secondary N) is 1. The third kappa shape index (κ3) is 5.29. The number of carboxylic acids is 1. The van der Waals surface area contributed by atoms with E-state index in [2.05, 4.69) is 48.7 Å². The van der Waals surface area contributed by atoms with Crippen molar-refractivity contribution in [2.24, 2.45) is 0 Å². The Hall–Kier alpha value is -1.89. The van der Waals surface area contributed by atoms with Gasteiger partial charge in [-0.25, -0.2) is 4.79 Å². The molecule has 0 aromatic heterocycles. The van der Waals surface area contributed by atoms with Crippen LogP contribution in [0.25, 0.3) is 0 Å². The minimum Gasteiger partial charge on any atom is -0.480 e. The molecule has 1 amide bonds. The van der Waals surface area contributed by atoms with Gasteiger partial charge < -0.3 is 10.4 Å². The molecule has 132 valence electrons. The molecule has 0 aliphatic carbocycles. The van der Waals surface area contributed by atoms with Gasteiger partial charge in [-0.2, -0.15) is 0 Å². The van der Waals surface area contributed by atoms with Crippen molar-refractivity contribution in [1.29, 1.82) is 0 Å². The highest BCUT2D eigenvalue weighted by molar-refractivity contribution is 14.1. The summed E-state index contributed by atoms with van der Waals surface area (Å²) < 4.78 is 0.982. The Morgan fingerprint density at radius 2 is 1.68 bits per heavy atom. The van der Waals surface area contributed by atoms with E-state index in [0.29, 0.717) is 5.56 Å². The van der Waals surface area contributed by atoms with Crippen LogP contribution in [0.15, 0.2) is 48.5 Å². The summed E-state index contributed by atoms with van der Waals surface area (Å²) in [5, 5.41) is 12.1. The van der Waals surface area contributed by atoms with E-state index in [1.807, 2.05) is 36.4 Å². The molecule has 0 heterocycles. The molecule has 2 rings (SSSR count). The van der Waals surface area contributed by atoms with Crippen LogP contribution in [0.3, 0.4) is 0 Å². The van der Waals surface area contributed by atoms with Crippen molar-refractivity contribution in [3.05, 3.63) is 68.8 Å². The van der Waals surface area contributed by atoms with E-state index in [9.17, 15) is 14.7 Å². The van der Waals surface area contributed by atoms with Gasteiger partial charge in [-0.3, -0.25) is 4.79 Å². The lowest BCUT2D eigenvalue weighted by atomic mass is 9.86. The summed E-state index contributed by atoms with van der Waals surface area (Å²) >= 11 is 2.17. The number of hydrogen-bond acceptors (Lipinski definition) is 2. The number of hydrogen-bond donors (Lipinski definition) is 2. The lowest BCUT2D eigenvalue weighted by molar-refractivity contribution is -0.139. The summed E-state index contributed by atoms with van der Waals surface area (Å²) in [6.45, 7) is 6.30. The first-order valence-electron chi connectivity index (χ1n) is 8.06. The molecule has 5 heteroatoms. The quantitative estimate of drug-likeness (QED) is 0.676. The second-order valence-electron chi connectivity index (χ2n) is 6.99. The second-order valence-corrected chi connectivity index (χ2v) is 8.15. The van der Waals surface area contributed by atoms with E-state index in [-0.39, 0.29) is 17.7 Å². The van der Waals surface area contributed by atoms with E-state index in [0.717, 1.165) is 14.7 Å². The van der Waals surface area contributed by atoms with Crippen molar-refractivity contribution in [2.75, 3.05) is 0 Å². The lowest BCUT2D eigenvalue weighted by Crippen LogP contribution is -2.42. The van der Waals surface area contributed by atoms with Crippen LogP contribution in [0.1, 0.15) is 42.3 Å². The monoisotopic (exact) mass is 451 g/mol. The molecule has 4 nitrogen and oxygen atoms in total. The molecule has 25 heavy (non-hydrogen) atoms. The average molecular weight is 451 g/mol. The number of carbonyl (C=O) groups excluding carboxylic acids is 1. The Morgan fingerprint density at radius 1 is 1.08 bits per heavy atom. The molecule has 0 spiro atoms. The van der Waals surface area contributed by atoms with Crippen molar-refractivity contribution in [3.63, 3.8) is 0 Å². The molecule has 1 atom stereocenters. The minimum atomic E-state index is -1.04. The number of aliphatic carboxylic acids is 1. The largest absolute Gasteiger partial charge is 0.480 e. The summed E-state index contributed by atoms with van der Waals surface area (Å²) in [7, 11) is 0. The molecular weight excluding hydrogens is 429 g/mol. The Kier molecular flexibility index (Phi) is 6.21. The molecule has 0 saturated heterocycles. The molecule has 2 aromatic rings. The summed E-state index contributed by atoms with van der Waals surface area (Å²) in [6.07, 6.45) is 0.250. The third-order valence-electron chi connectivity index (χ3n) is 4.00. The molecule has 0 saturated carbocycles. The van der Waals surface area contributed by atoms with Crippen molar-refractivity contribution in [3.8, 4) is 0 Å². The number of amides is 1. The second kappa shape index (κ2) is 7.99. The summed E-state index contributed by atoms with van der Waals surface area (Å²) in [5.74, 6) is -1.42. The van der Waals surface area contributed by atoms with Crippen LogP contribution in [0.4, 0.5) is 0 Å². The van der Waals surface area contributed by atoms with Crippen LogP contribution in [0, 0.1) is 3.57 Å². The van der Waals surface area contributed by atoms with Crippen molar-refractivity contribution in [1.82, 2.24) is 5.32 Å². The van der Waals surface area contributed by atoms with Crippen LogP contribution in [0.2, 0.25) is 0 Å². The molecule has 0 radical (unpaired) electrons. The molecule has 0 fully saturated rings. The summed E-state index contributed by atoms with van der Waals surface area (Å²) in [5.41, 5.74) is 2.49. The summed E-state index contributed by atoms with van der Waals surface area (Å²) in [4.78, 5) is 24.0. The average Bonchev–Trinajstić information content (AvgIpc) is 2.55. The number of carbonyl (C=O) groups is 2. The predicted octanol–water partition coefficient (Wildman–Crippen LogP) is 4.01. The zero-order chi connectivity index (χ0) is 18.6. The van der Waals surface area contributed by atoms with Crippen LogP contribution in [0.5, 0.6) is 0 Å². The Bertz CT molecular complexity index is 763. The molecule has 2 aromatic carbocycles. The normalized spacial score (nSPS) is 12.5. The van der Waals surface area contributed by atoms with Gasteiger partial charge in [-0.1, -0.05) is 51.1 Å². The number of rotatable bonds is 5. The zero-order valence-electron chi connectivity index (χ0n) is 14.5. The summed E-state index contributed by atoms with van der Waals surface area (Å²) in [6, 6.07) is 13.9. The van der Waals surface area contributed by atoms with Crippen LogP contribution >= 0.6 is 22.6 Å². The van der Waals surface area contributed by atoms with Gasteiger partial charge >= 0.3 is 5.97 Å². The third-order valence-corrected chi connectivity index (χ3v) is 5.05. The maximum atomic E-state index is 12.4. The van der Waals surface area contributed by atoms with Gasteiger partial charge in [0.25, 0.3) is 5.91 Å². The van der Waals surface area contributed by atoms with E-state index in [1.54, 1.807) is 12.1 Å². The molecule has 0 unspecified atom stereocenters. The molecule has 2 N–H and O–H groups in total. The fourth-order valence-electron chi connectivity index (χ4n) is 2.45. The lowest BCUT2D eigenvalue weighted by Gasteiger charge is -2.19. The van der Waals surface area contributed by atoms with Crippen LogP contribution in [-0.4, -0.2) is 23.0 Å². The molecule has 0 aliphatic rings. The molecule has 0 bridgehead atoms. The predicted molar refractivity (Wildman–Crippen MR) is 107 cm³/mol. The van der Waals surface area contributed by atoms with Gasteiger partial charge in [-0.15, -0.1) is 0 Å². The van der Waals surface area contributed by atoms with Crippen molar-refractivity contribution in [2.45, 2.75) is 38.6 Å². The topological polar surface area (TPSA) is 66.4 Å². The van der Waals surface area contributed by atoms with E-state index >= 15 is 0 Å². The minimum absolute atomic E-state index is 0.00258. The van der Waals surface area contributed by atoms with Gasteiger partial charge in [0.15, 0.2) is 0 Å². The zero-order valence-corrected chi connectivity index (χ0v) is 16.7. The fourth-order valence-corrected chi connectivity index (χ4v) is 3.05. The highest BCUT2D eigenvalue weighted by Crippen LogP contribution is 2.22.